The van der Waals surface area contributed by atoms with E-state index in [9.17, 15) is 20.2 Å². The number of carbonyl (C=O) groups excluding carboxylic acids is 1. The van der Waals surface area contributed by atoms with Gasteiger partial charge in [0.05, 0.1) is 25.2 Å². The molecule has 9 nitrogen and oxygen atoms in total. The average molecular weight is 396 g/mol. The molecule has 1 unspecified atom stereocenters. The molecule has 0 aliphatic carbocycles. The highest BCUT2D eigenvalue weighted by atomic mass is 16.6. The molecule has 9 heteroatoms. The van der Waals surface area contributed by atoms with Crippen LogP contribution in [0.3, 0.4) is 0 Å². The van der Waals surface area contributed by atoms with Gasteiger partial charge in [-0.3, -0.25) is 14.9 Å². The van der Waals surface area contributed by atoms with Crippen LogP contribution < -0.4 is 20.1 Å². The molecule has 2 aromatic rings. The van der Waals surface area contributed by atoms with Crippen LogP contribution >= 0.6 is 0 Å². The lowest BCUT2D eigenvalue weighted by molar-refractivity contribution is -0.384. The predicted molar refractivity (Wildman–Crippen MR) is 107 cm³/mol. The summed E-state index contributed by atoms with van der Waals surface area (Å²) in [4.78, 5) is 22.6. The van der Waals surface area contributed by atoms with Gasteiger partial charge in [-0.05, 0) is 36.8 Å². The number of hydrogen-bond acceptors (Lipinski definition) is 7. The van der Waals surface area contributed by atoms with E-state index in [4.69, 9.17) is 9.47 Å². The number of methoxy groups -OCH3 is 2. The molecule has 0 radical (unpaired) electrons. The highest BCUT2D eigenvalue weighted by molar-refractivity contribution is 5.97. The zero-order valence-electron chi connectivity index (χ0n) is 16.1. The van der Waals surface area contributed by atoms with Crippen molar-refractivity contribution in [3.63, 3.8) is 0 Å². The second-order valence-electron chi connectivity index (χ2n) is 5.93. The maximum absolute atomic E-state index is 12.4. The van der Waals surface area contributed by atoms with E-state index in [-0.39, 0.29) is 11.3 Å². The van der Waals surface area contributed by atoms with E-state index < -0.39 is 16.9 Å². The summed E-state index contributed by atoms with van der Waals surface area (Å²) in [5.41, 5.74) is 1.08. The van der Waals surface area contributed by atoms with Crippen LogP contribution in [0.2, 0.25) is 0 Å². The molecule has 1 atom stereocenters. The predicted octanol–water partition coefficient (Wildman–Crippen LogP) is 3.31. The minimum atomic E-state index is -0.566. The first kappa shape index (κ1) is 21.2. The van der Waals surface area contributed by atoms with E-state index in [2.05, 4.69) is 10.6 Å². The normalized spacial score (nSPS) is 11.7. The summed E-state index contributed by atoms with van der Waals surface area (Å²) in [7, 11) is 3.05. The molecule has 1 amide bonds. The Hall–Kier alpha value is -4.06. The lowest BCUT2D eigenvalue weighted by atomic mass is 10.1. The van der Waals surface area contributed by atoms with Gasteiger partial charge in [0, 0.05) is 24.0 Å². The van der Waals surface area contributed by atoms with Crippen LogP contribution in [0.5, 0.6) is 11.5 Å². The van der Waals surface area contributed by atoms with Crippen molar-refractivity contribution in [1.29, 1.82) is 5.26 Å². The van der Waals surface area contributed by atoms with Gasteiger partial charge in [-0.1, -0.05) is 6.07 Å². The summed E-state index contributed by atoms with van der Waals surface area (Å²) in [6.45, 7) is 1.78. The highest BCUT2D eigenvalue weighted by Gasteiger charge is 2.15. The van der Waals surface area contributed by atoms with Crippen LogP contribution in [0, 0.1) is 21.4 Å². The van der Waals surface area contributed by atoms with Gasteiger partial charge in [-0.2, -0.15) is 5.26 Å². The zero-order chi connectivity index (χ0) is 21.4. The Balaban J connectivity index is 2.08. The first-order chi connectivity index (χ1) is 13.9. The van der Waals surface area contributed by atoms with Crippen molar-refractivity contribution in [2.75, 3.05) is 19.5 Å². The molecule has 0 saturated carbocycles. The van der Waals surface area contributed by atoms with Gasteiger partial charge in [-0.25, -0.2) is 0 Å². The minimum Gasteiger partial charge on any atom is -0.493 e. The Labute approximate surface area is 167 Å². The van der Waals surface area contributed by atoms with Gasteiger partial charge >= 0.3 is 0 Å². The number of benzene rings is 2. The van der Waals surface area contributed by atoms with Crippen molar-refractivity contribution >= 4 is 17.3 Å². The summed E-state index contributed by atoms with van der Waals surface area (Å²) < 4.78 is 10.4. The van der Waals surface area contributed by atoms with Gasteiger partial charge in [0.15, 0.2) is 11.5 Å². The van der Waals surface area contributed by atoms with Gasteiger partial charge in [-0.15, -0.1) is 0 Å². The van der Waals surface area contributed by atoms with E-state index in [0.717, 1.165) is 5.56 Å². The molecular weight excluding hydrogens is 376 g/mol. The van der Waals surface area contributed by atoms with Crippen molar-refractivity contribution in [2.45, 2.75) is 13.0 Å². The van der Waals surface area contributed by atoms with Crippen molar-refractivity contribution in [1.82, 2.24) is 5.32 Å². The molecule has 150 valence electrons. The number of anilines is 1. The third kappa shape index (κ3) is 5.46. The second kappa shape index (κ2) is 9.75. The van der Waals surface area contributed by atoms with Crippen LogP contribution in [0.25, 0.3) is 0 Å². The monoisotopic (exact) mass is 396 g/mol. The zero-order valence-corrected chi connectivity index (χ0v) is 16.1. The molecule has 2 aromatic carbocycles. The number of nitro groups is 1. The smallest absolute Gasteiger partial charge is 0.269 e. The van der Waals surface area contributed by atoms with Crippen LogP contribution in [-0.2, 0) is 4.79 Å². The Morgan fingerprint density at radius 1 is 1.17 bits per heavy atom. The Morgan fingerprint density at radius 2 is 1.83 bits per heavy atom. The minimum absolute atomic E-state index is 0.0541. The van der Waals surface area contributed by atoms with Crippen molar-refractivity contribution < 1.29 is 19.2 Å². The lowest BCUT2D eigenvalue weighted by Gasteiger charge is -2.16. The van der Waals surface area contributed by atoms with E-state index in [1.807, 2.05) is 6.07 Å². The average Bonchev–Trinajstić information content (AvgIpc) is 2.73. The quantitative estimate of drug-likeness (QED) is 0.303. The van der Waals surface area contributed by atoms with Crippen LogP contribution in [0.1, 0.15) is 18.5 Å². The number of non-ortho nitro benzene ring substituents is 1. The third-order valence-corrected chi connectivity index (χ3v) is 4.08. The number of rotatable bonds is 8. The van der Waals surface area contributed by atoms with Gasteiger partial charge in [0.25, 0.3) is 11.6 Å². The van der Waals surface area contributed by atoms with E-state index in [1.165, 1.54) is 44.7 Å². The Morgan fingerprint density at radius 3 is 2.38 bits per heavy atom. The van der Waals surface area contributed by atoms with Crippen LogP contribution in [0.4, 0.5) is 11.4 Å². The number of nitro benzene ring substituents is 1. The number of carbonyl (C=O) groups is 1. The van der Waals surface area contributed by atoms with E-state index in [0.29, 0.717) is 17.2 Å². The largest absolute Gasteiger partial charge is 0.493 e. The Kier molecular flexibility index (Phi) is 7.14. The van der Waals surface area contributed by atoms with Crippen molar-refractivity contribution in [2.24, 2.45) is 0 Å². The van der Waals surface area contributed by atoms with Gasteiger partial charge in [0.1, 0.15) is 11.6 Å². The first-order valence-corrected chi connectivity index (χ1v) is 8.53. The van der Waals surface area contributed by atoms with Gasteiger partial charge in [0.2, 0.25) is 0 Å². The number of nitriles is 1. The Bertz CT molecular complexity index is 964. The maximum Gasteiger partial charge on any atom is 0.269 e. The molecule has 0 fully saturated rings. The summed E-state index contributed by atoms with van der Waals surface area (Å²) in [5.74, 6) is 0.533. The molecule has 0 aliphatic rings. The molecule has 0 heterocycles. The number of nitrogens with one attached hydrogen (secondary N) is 2. The SMILES string of the molecule is COc1ccc(C(C)NC(=O)/C(C#N)=C\Nc2ccc([N+](=O)[O-])cc2)cc1OC. The topological polar surface area (TPSA) is 127 Å². The molecule has 0 saturated heterocycles. The summed E-state index contributed by atoms with van der Waals surface area (Å²) in [6.07, 6.45) is 1.25. The standard InChI is InChI=1S/C20H20N4O5/c1-13(14-4-9-18(28-2)19(10-14)29-3)23-20(25)15(11-21)12-22-16-5-7-17(8-6-16)24(26)27/h4-10,12-13,22H,1-3H3,(H,23,25)/b15-12-. The molecular formula is C20H20N4O5. The fraction of sp³-hybridized carbons (Fsp3) is 0.200. The fourth-order valence-corrected chi connectivity index (χ4v) is 2.46. The summed E-state index contributed by atoms with van der Waals surface area (Å²) in [6, 6.07) is 12.3. The molecule has 0 aromatic heterocycles. The van der Waals surface area contributed by atoms with Crippen LogP contribution in [0.15, 0.2) is 54.2 Å². The molecule has 2 N–H and O–H groups in total. The number of amides is 1. The molecule has 2 rings (SSSR count). The van der Waals surface area contributed by atoms with E-state index >= 15 is 0 Å². The molecule has 0 aliphatic heterocycles. The van der Waals surface area contributed by atoms with Gasteiger partial charge < -0.3 is 20.1 Å². The highest BCUT2D eigenvalue weighted by Crippen LogP contribution is 2.29. The fourth-order valence-electron chi connectivity index (χ4n) is 2.46. The maximum atomic E-state index is 12.4. The van der Waals surface area contributed by atoms with Crippen LogP contribution in [-0.4, -0.2) is 25.1 Å². The number of ether oxygens (including phenoxy) is 2. The third-order valence-electron chi connectivity index (χ3n) is 4.08. The lowest BCUT2D eigenvalue weighted by Crippen LogP contribution is -2.28. The summed E-state index contributed by atoms with van der Waals surface area (Å²) >= 11 is 0. The molecule has 0 spiro atoms. The molecule has 29 heavy (non-hydrogen) atoms. The van der Waals surface area contributed by atoms with Crippen molar-refractivity contribution in [3.05, 3.63) is 69.9 Å². The second-order valence-corrected chi connectivity index (χ2v) is 5.93. The molecule has 0 bridgehead atoms. The van der Waals surface area contributed by atoms with E-state index in [1.54, 1.807) is 25.1 Å². The number of nitrogens with zero attached hydrogens (tertiary/aromatic N) is 2. The summed E-state index contributed by atoms with van der Waals surface area (Å²) in [5, 5.41) is 25.5. The first-order valence-electron chi connectivity index (χ1n) is 8.53. The van der Waals surface area contributed by atoms with Crippen molar-refractivity contribution in [3.8, 4) is 17.6 Å². The number of hydrogen-bond donors (Lipinski definition) is 2.